The molecular formula is C48H76NO7+. The Morgan fingerprint density at radius 2 is 0.946 bits per heavy atom. The van der Waals surface area contributed by atoms with E-state index >= 15 is 0 Å². The average molecular weight is 779 g/mol. The van der Waals surface area contributed by atoms with Crippen LogP contribution in [0.2, 0.25) is 0 Å². The molecule has 0 saturated carbocycles. The van der Waals surface area contributed by atoms with Crippen molar-refractivity contribution in [3.05, 3.63) is 109 Å². The maximum Gasteiger partial charge on any atom is 0.362 e. The minimum atomic E-state index is -0.895. The Bertz CT molecular complexity index is 1280. The lowest BCUT2D eigenvalue weighted by Crippen LogP contribution is -2.50. The second-order valence-electron chi connectivity index (χ2n) is 14.5. The lowest BCUT2D eigenvalue weighted by molar-refractivity contribution is -0.887. The molecule has 0 aliphatic carbocycles. The van der Waals surface area contributed by atoms with Gasteiger partial charge in [0.15, 0.2) is 12.1 Å². The number of ether oxygens (including phenoxy) is 3. The summed E-state index contributed by atoms with van der Waals surface area (Å²) in [5.74, 6) is -1.61. The molecule has 0 fully saturated rings. The molecule has 0 aromatic carbocycles. The Balaban J connectivity index is 4.47. The molecule has 0 rings (SSSR count). The van der Waals surface area contributed by atoms with Crippen molar-refractivity contribution in [1.29, 1.82) is 0 Å². The first-order valence-corrected chi connectivity index (χ1v) is 20.9. The van der Waals surface area contributed by atoms with Crippen LogP contribution in [0.1, 0.15) is 123 Å². The summed E-state index contributed by atoms with van der Waals surface area (Å²) in [6.45, 7) is 4.36. The van der Waals surface area contributed by atoms with Crippen molar-refractivity contribution in [2.75, 3.05) is 41.0 Å². The Morgan fingerprint density at radius 3 is 1.38 bits per heavy atom. The first kappa shape index (κ1) is 52.0. The largest absolute Gasteiger partial charge is 0.477 e. The molecule has 2 atom stereocenters. The van der Waals surface area contributed by atoms with E-state index in [9.17, 15) is 19.5 Å². The van der Waals surface area contributed by atoms with Crippen LogP contribution in [0.5, 0.6) is 0 Å². The Labute approximate surface area is 340 Å². The fraction of sp³-hybridized carbons (Fsp3) is 0.562. The highest BCUT2D eigenvalue weighted by Crippen LogP contribution is 2.11. The number of nitrogens with zero attached hydrogens (tertiary/aromatic N) is 1. The third kappa shape index (κ3) is 35.7. The predicted molar refractivity (Wildman–Crippen MR) is 233 cm³/mol. The maximum absolute atomic E-state index is 12.7. The van der Waals surface area contributed by atoms with Crippen molar-refractivity contribution in [3.63, 3.8) is 0 Å². The summed E-state index contributed by atoms with van der Waals surface area (Å²) < 4.78 is 17.1. The normalized spacial score (nSPS) is 14.1. The van der Waals surface area contributed by atoms with Gasteiger partial charge in [-0.1, -0.05) is 123 Å². The van der Waals surface area contributed by atoms with Gasteiger partial charge in [0.05, 0.1) is 34.4 Å². The first-order chi connectivity index (χ1) is 27.1. The van der Waals surface area contributed by atoms with E-state index in [0.717, 1.165) is 77.0 Å². The van der Waals surface area contributed by atoms with Gasteiger partial charge in [-0.25, -0.2) is 4.79 Å². The molecule has 0 aromatic rings. The van der Waals surface area contributed by atoms with E-state index in [1.807, 2.05) is 21.1 Å². The zero-order valence-electron chi connectivity index (χ0n) is 35.5. The topological polar surface area (TPSA) is 99.1 Å². The number of esters is 2. The molecule has 0 aliphatic rings. The van der Waals surface area contributed by atoms with Crippen molar-refractivity contribution >= 4 is 17.9 Å². The van der Waals surface area contributed by atoms with E-state index < -0.39 is 18.1 Å². The number of allylic oxidation sites excluding steroid dienone is 18. The minimum absolute atomic E-state index is 0.0195. The average Bonchev–Trinajstić information content (AvgIpc) is 3.15. The van der Waals surface area contributed by atoms with Gasteiger partial charge in [-0.2, -0.15) is 0 Å². The van der Waals surface area contributed by atoms with Crippen LogP contribution >= 0.6 is 0 Å². The van der Waals surface area contributed by atoms with Crippen molar-refractivity contribution < 1.29 is 38.2 Å². The van der Waals surface area contributed by atoms with E-state index in [0.29, 0.717) is 25.7 Å². The summed E-state index contributed by atoms with van der Waals surface area (Å²) in [4.78, 5) is 36.8. The fourth-order valence-electron chi connectivity index (χ4n) is 5.23. The lowest BCUT2D eigenvalue weighted by Gasteiger charge is -2.31. The molecule has 314 valence electrons. The molecule has 56 heavy (non-hydrogen) atoms. The molecule has 8 heteroatoms. The third-order valence-corrected chi connectivity index (χ3v) is 8.42. The maximum atomic E-state index is 12.7. The number of aliphatic carboxylic acids is 1. The van der Waals surface area contributed by atoms with Gasteiger partial charge >= 0.3 is 17.9 Å². The zero-order valence-corrected chi connectivity index (χ0v) is 35.5. The number of carboxylic acids is 1. The lowest BCUT2D eigenvalue weighted by atomic mass is 10.1. The molecule has 0 heterocycles. The summed E-state index contributed by atoms with van der Waals surface area (Å²) in [5, 5.41) is 9.59. The SMILES string of the molecule is CC/C=C/C/C=C/C/C=C/C/C=C/C/C=C/C/C=C/C/C=C/CCCC(=O)OC(COCCC(C(=O)O)[N+](C)(C)C)COC(=O)CCCC/C=C/C/C=C/CC. The quantitative estimate of drug-likeness (QED) is 0.0296. The number of hydrogen-bond donors (Lipinski definition) is 1. The van der Waals surface area contributed by atoms with Crippen LogP contribution in [0, 0.1) is 0 Å². The minimum Gasteiger partial charge on any atom is -0.477 e. The molecule has 1 N–H and O–H groups in total. The molecule has 0 radical (unpaired) electrons. The molecule has 0 spiro atoms. The second-order valence-corrected chi connectivity index (χ2v) is 14.5. The number of carbonyl (C=O) groups is 3. The molecule has 0 amide bonds. The van der Waals surface area contributed by atoms with Crippen LogP contribution in [0.4, 0.5) is 0 Å². The molecule has 0 saturated heterocycles. The number of carboxylic acid groups (broad SMARTS) is 1. The van der Waals surface area contributed by atoms with Gasteiger partial charge in [-0.05, 0) is 89.9 Å². The number of likely N-dealkylation sites (N-methyl/N-ethyl adjacent to an activating group) is 1. The van der Waals surface area contributed by atoms with Crippen LogP contribution in [0.15, 0.2) is 109 Å². The monoisotopic (exact) mass is 779 g/mol. The molecule has 0 aromatic heterocycles. The molecule has 0 bridgehead atoms. The van der Waals surface area contributed by atoms with Gasteiger partial charge in [0.2, 0.25) is 0 Å². The summed E-state index contributed by atoms with van der Waals surface area (Å²) in [7, 11) is 5.47. The fourth-order valence-corrected chi connectivity index (χ4v) is 5.23. The van der Waals surface area contributed by atoms with Crippen molar-refractivity contribution in [2.45, 2.75) is 135 Å². The van der Waals surface area contributed by atoms with E-state index in [1.165, 1.54) is 0 Å². The van der Waals surface area contributed by atoms with Gasteiger partial charge in [0, 0.05) is 19.3 Å². The summed E-state index contributed by atoms with van der Waals surface area (Å²) in [6.07, 6.45) is 51.6. The van der Waals surface area contributed by atoms with Gasteiger partial charge in [-0.3, -0.25) is 9.59 Å². The van der Waals surface area contributed by atoms with Crippen molar-refractivity contribution in [2.24, 2.45) is 0 Å². The Morgan fingerprint density at radius 1 is 0.536 bits per heavy atom. The summed E-state index contributed by atoms with van der Waals surface area (Å²) in [5.41, 5.74) is 0. The Hall–Kier alpha value is -4.01. The number of carbonyl (C=O) groups excluding carboxylic acids is 2. The summed E-state index contributed by atoms with van der Waals surface area (Å²) in [6, 6.07) is -0.635. The van der Waals surface area contributed by atoms with Crippen LogP contribution in [0.3, 0.4) is 0 Å². The zero-order chi connectivity index (χ0) is 41.4. The van der Waals surface area contributed by atoms with Gasteiger partial charge in [0.25, 0.3) is 0 Å². The highest BCUT2D eigenvalue weighted by Gasteiger charge is 2.31. The Kier molecular flexibility index (Phi) is 35.2. The third-order valence-electron chi connectivity index (χ3n) is 8.42. The van der Waals surface area contributed by atoms with E-state index in [-0.39, 0.29) is 42.7 Å². The van der Waals surface area contributed by atoms with Crippen LogP contribution in [0.25, 0.3) is 0 Å². The van der Waals surface area contributed by atoms with Crippen LogP contribution in [-0.2, 0) is 28.6 Å². The highest BCUT2D eigenvalue weighted by molar-refractivity contribution is 5.72. The first-order valence-electron chi connectivity index (χ1n) is 20.9. The van der Waals surface area contributed by atoms with Gasteiger partial charge in [0.1, 0.15) is 6.61 Å². The standard InChI is InChI=1S/C48H75NO7/c1-6-8-10-12-14-16-17-18-19-20-21-22-23-24-25-26-27-28-29-31-33-35-37-39-47(51)56-44(42-54-41-40-45(48(52)53)49(3,4)5)43-55-46(50)38-36-34-32-30-15-13-11-9-7-2/h8-11,14-16,18-19,21-22,24-25,27-28,30-31,33,44-45H,6-7,12-13,17,20,23,26,29,32,34-43H2,1-5H3/p+1/b10-8+,11-9+,16-14+,19-18+,22-21+,25-24+,28-27+,30-15+,33-31+. The molecule has 8 nitrogen and oxygen atoms in total. The van der Waals surface area contributed by atoms with Crippen LogP contribution < -0.4 is 0 Å². The smallest absolute Gasteiger partial charge is 0.362 e. The number of hydrogen-bond acceptors (Lipinski definition) is 6. The molecular weight excluding hydrogens is 703 g/mol. The van der Waals surface area contributed by atoms with Gasteiger partial charge in [-0.15, -0.1) is 0 Å². The van der Waals surface area contributed by atoms with E-state index in [2.05, 4.69) is 123 Å². The highest BCUT2D eigenvalue weighted by atomic mass is 16.6. The number of rotatable bonds is 35. The van der Waals surface area contributed by atoms with Crippen molar-refractivity contribution in [1.82, 2.24) is 0 Å². The van der Waals surface area contributed by atoms with Gasteiger partial charge < -0.3 is 23.8 Å². The predicted octanol–water partition coefficient (Wildman–Crippen LogP) is 11.3. The van der Waals surface area contributed by atoms with E-state index in [4.69, 9.17) is 14.2 Å². The summed E-state index contributed by atoms with van der Waals surface area (Å²) >= 11 is 0. The molecule has 2 unspecified atom stereocenters. The van der Waals surface area contributed by atoms with E-state index in [1.54, 1.807) is 0 Å². The number of unbranched alkanes of at least 4 members (excludes halogenated alkanes) is 3. The number of quaternary nitrogens is 1. The van der Waals surface area contributed by atoms with Crippen LogP contribution in [-0.4, -0.2) is 80.6 Å². The molecule has 0 aliphatic heterocycles. The second kappa shape index (κ2) is 37.9. The van der Waals surface area contributed by atoms with Crippen molar-refractivity contribution in [3.8, 4) is 0 Å².